The number of carbonyl (C=O) groups excluding carboxylic acids is 1. The van der Waals surface area contributed by atoms with Crippen molar-refractivity contribution in [2.45, 2.75) is 55.6 Å². The van der Waals surface area contributed by atoms with Crippen LogP contribution in [-0.2, 0) is 9.84 Å². The van der Waals surface area contributed by atoms with Gasteiger partial charge in [0.25, 0.3) is 5.91 Å². The number of benzene rings is 1. The lowest BCUT2D eigenvalue weighted by Crippen LogP contribution is -2.39. The van der Waals surface area contributed by atoms with E-state index in [0.29, 0.717) is 16.4 Å². The molecule has 1 aromatic rings. The van der Waals surface area contributed by atoms with Gasteiger partial charge in [-0.2, -0.15) is 0 Å². The Kier molecular flexibility index (Phi) is 4.76. The number of carbonyl (C=O) groups is 1. The van der Waals surface area contributed by atoms with Crippen LogP contribution >= 0.6 is 0 Å². The van der Waals surface area contributed by atoms with Crippen LogP contribution < -0.4 is 0 Å². The minimum Gasteiger partial charge on any atom is -0.338 e. The number of nitrogens with zero attached hydrogens (tertiary/aromatic N) is 1. The van der Waals surface area contributed by atoms with Gasteiger partial charge in [-0.1, -0.05) is 19.8 Å². The van der Waals surface area contributed by atoms with E-state index in [9.17, 15) is 13.2 Å². The lowest BCUT2D eigenvalue weighted by Gasteiger charge is -2.31. The van der Waals surface area contributed by atoms with Gasteiger partial charge in [-0.3, -0.25) is 4.79 Å². The van der Waals surface area contributed by atoms with Crippen LogP contribution in [0.4, 0.5) is 0 Å². The molecular weight excluding hydrogens is 310 g/mol. The van der Waals surface area contributed by atoms with E-state index in [0.717, 1.165) is 45.2 Å². The Bertz CT molecular complexity index is 660. The van der Waals surface area contributed by atoms with Crippen LogP contribution in [-0.4, -0.2) is 37.6 Å². The minimum atomic E-state index is -3.24. The summed E-state index contributed by atoms with van der Waals surface area (Å²) in [6.07, 6.45) is 5.72. The average Bonchev–Trinajstić information content (AvgIpc) is 3.09. The topological polar surface area (TPSA) is 54.5 Å². The maximum atomic E-state index is 12.6. The molecule has 3 rings (SSSR count). The molecule has 5 heteroatoms. The molecule has 1 amide bonds. The van der Waals surface area contributed by atoms with E-state index in [4.69, 9.17) is 0 Å². The predicted molar refractivity (Wildman–Crippen MR) is 90.2 cm³/mol. The monoisotopic (exact) mass is 335 g/mol. The number of rotatable bonds is 3. The second-order valence-electron chi connectivity index (χ2n) is 6.97. The lowest BCUT2D eigenvalue weighted by atomic mass is 9.99. The summed E-state index contributed by atoms with van der Waals surface area (Å²) in [6.45, 7) is 3.75. The number of likely N-dealkylation sites (tertiary alicyclic amines) is 1. The first-order chi connectivity index (χ1) is 11.0. The maximum Gasteiger partial charge on any atom is 0.253 e. The molecule has 1 atom stereocenters. The Labute approximate surface area is 138 Å². The van der Waals surface area contributed by atoms with Crippen LogP contribution in [0.1, 0.15) is 55.8 Å². The summed E-state index contributed by atoms with van der Waals surface area (Å²) in [5.74, 6) is 0.552. The molecule has 0 spiro atoms. The molecule has 0 bridgehead atoms. The molecule has 1 aliphatic heterocycles. The van der Waals surface area contributed by atoms with Crippen molar-refractivity contribution < 1.29 is 13.2 Å². The fourth-order valence-electron chi connectivity index (χ4n) is 3.73. The molecule has 1 heterocycles. The molecule has 1 aliphatic carbocycles. The van der Waals surface area contributed by atoms with E-state index in [-0.39, 0.29) is 11.2 Å². The Hall–Kier alpha value is -1.36. The van der Waals surface area contributed by atoms with Gasteiger partial charge in [-0.05, 0) is 55.9 Å². The normalized spacial score (nSPS) is 23.2. The zero-order valence-corrected chi connectivity index (χ0v) is 14.5. The summed E-state index contributed by atoms with van der Waals surface area (Å²) in [7, 11) is -3.24. The summed E-state index contributed by atoms with van der Waals surface area (Å²) in [6, 6.07) is 6.55. The van der Waals surface area contributed by atoms with Crippen LogP contribution in [0.15, 0.2) is 29.2 Å². The van der Waals surface area contributed by atoms with Crippen LogP contribution in [0.25, 0.3) is 0 Å². The molecule has 2 aliphatic rings. The van der Waals surface area contributed by atoms with E-state index in [1.54, 1.807) is 24.3 Å². The Morgan fingerprint density at radius 2 is 1.70 bits per heavy atom. The first-order valence-corrected chi connectivity index (χ1v) is 10.2. The molecule has 23 heavy (non-hydrogen) atoms. The highest BCUT2D eigenvalue weighted by atomic mass is 32.2. The van der Waals surface area contributed by atoms with Crippen LogP contribution in [0, 0.1) is 5.92 Å². The average molecular weight is 335 g/mol. The highest BCUT2D eigenvalue weighted by Crippen LogP contribution is 2.29. The van der Waals surface area contributed by atoms with Crippen LogP contribution in [0.5, 0.6) is 0 Å². The molecule has 1 saturated carbocycles. The van der Waals surface area contributed by atoms with Crippen molar-refractivity contribution in [1.82, 2.24) is 4.90 Å². The van der Waals surface area contributed by atoms with Gasteiger partial charge in [0, 0.05) is 18.7 Å². The first kappa shape index (κ1) is 16.5. The van der Waals surface area contributed by atoms with Gasteiger partial charge in [-0.25, -0.2) is 8.42 Å². The van der Waals surface area contributed by atoms with E-state index in [1.807, 2.05) is 4.90 Å². The fraction of sp³-hybridized carbons (Fsp3) is 0.611. The standard InChI is InChI=1S/C18H25NO3S/c1-14-5-4-12-19(13-14)18(20)15-8-10-17(11-9-15)23(21,22)16-6-2-3-7-16/h8-11,14,16H,2-7,12-13H2,1H3/t14-/m0/s1. The SMILES string of the molecule is C[C@H]1CCCN(C(=O)c2ccc(S(=O)(=O)C3CCCC3)cc2)C1. The Balaban J connectivity index is 1.75. The van der Waals surface area contributed by atoms with Crippen molar-refractivity contribution in [2.75, 3.05) is 13.1 Å². The van der Waals surface area contributed by atoms with E-state index < -0.39 is 9.84 Å². The third-order valence-electron chi connectivity index (χ3n) is 5.12. The fourth-order valence-corrected chi connectivity index (χ4v) is 5.59. The van der Waals surface area contributed by atoms with Gasteiger partial charge in [0.15, 0.2) is 9.84 Å². The summed E-state index contributed by atoms with van der Waals surface area (Å²) < 4.78 is 25.1. The molecule has 0 radical (unpaired) electrons. The highest BCUT2D eigenvalue weighted by molar-refractivity contribution is 7.92. The van der Waals surface area contributed by atoms with Gasteiger partial charge in [0.05, 0.1) is 10.1 Å². The lowest BCUT2D eigenvalue weighted by molar-refractivity contribution is 0.0683. The molecule has 0 unspecified atom stereocenters. The van der Waals surface area contributed by atoms with Crippen molar-refractivity contribution in [2.24, 2.45) is 5.92 Å². The van der Waals surface area contributed by atoms with Crippen LogP contribution in [0.2, 0.25) is 0 Å². The number of hydrogen-bond acceptors (Lipinski definition) is 3. The molecule has 1 saturated heterocycles. The van der Waals surface area contributed by atoms with E-state index >= 15 is 0 Å². The highest BCUT2D eigenvalue weighted by Gasteiger charge is 2.30. The number of hydrogen-bond donors (Lipinski definition) is 0. The molecule has 1 aromatic carbocycles. The molecule has 0 N–H and O–H groups in total. The van der Waals surface area contributed by atoms with E-state index in [2.05, 4.69) is 6.92 Å². The Morgan fingerprint density at radius 1 is 1.04 bits per heavy atom. The summed E-state index contributed by atoms with van der Waals surface area (Å²) in [5, 5.41) is -0.244. The summed E-state index contributed by atoms with van der Waals surface area (Å²) in [4.78, 5) is 14.8. The second kappa shape index (κ2) is 6.63. The Morgan fingerprint density at radius 3 is 2.30 bits per heavy atom. The second-order valence-corrected chi connectivity index (χ2v) is 9.20. The zero-order chi connectivity index (χ0) is 16.4. The van der Waals surface area contributed by atoms with E-state index in [1.165, 1.54) is 6.42 Å². The largest absolute Gasteiger partial charge is 0.338 e. The van der Waals surface area contributed by atoms with Gasteiger partial charge in [-0.15, -0.1) is 0 Å². The van der Waals surface area contributed by atoms with Crippen LogP contribution in [0.3, 0.4) is 0 Å². The first-order valence-electron chi connectivity index (χ1n) is 8.62. The summed E-state index contributed by atoms with van der Waals surface area (Å²) >= 11 is 0. The predicted octanol–water partition coefficient (Wildman–Crippen LogP) is 3.28. The maximum absolute atomic E-state index is 12.6. The molecule has 0 aromatic heterocycles. The van der Waals surface area contributed by atoms with Gasteiger partial charge in [0.1, 0.15) is 0 Å². The third-order valence-corrected chi connectivity index (χ3v) is 7.39. The molecular formula is C18H25NO3S. The molecule has 2 fully saturated rings. The van der Waals surface area contributed by atoms with Crippen molar-refractivity contribution in [3.63, 3.8) is 0 Å². The smallest absolute Gasteiger partial charge is 0.253 e. The number of sulfone groups is 1. The van der Waals surface area contributed by atoms with Gasteiger partial charge in [0.2, 0.25) is 0 Å². The van der Waals surface area contributed by atoms with Gasteiger partial charge >= 0.3 is 0 Å². The number of piperidine rings is 1. The molecule has 4 nitrogen and oxygen atoms in total. The third kappa shape index (κ3) is 3.44. The van der Waals surface area contributed by atoms with Crippen molar-refractivity contribution in [3.8, 4) is 0 Å². The summed E-state index contributed by atoms with van der Waals surface area (Å²) in [5.41, 5.74) is 0.587. The quantitative estimate of drug-likeness (QED) is 0.852. The zero-order valence-electron chi connectivity index (χ0n) is 13.7. The minimum absolute atomic E-state index is 0.0152. The van der Waals surface area contributed by atoms with Crippen molar-refractivity contribution >= 4 is 15.7 Å². The van der Waals surface area contributed by atoms with Crippen molar-refractivity contribution in [1.29, 1.82) is 0 Å². The number of amides is 1. The molecule has 126 valence electrons. The van der Waals surface area contributed by atoms with Crippen molar-refractivity contribution in [3.05, 3.63) is 29.8 Å². The van der Waals surface area contributed by atoms with Gasteiger partial charge < -0.3 is 4.90 Å².